The van der Waals surface area contributed by atoms with E-state index in [4.69, 9.17) is 48.1 Å². The number of hydrogen-bond donors (Lipinski definition) is 8. The van der Waals surface area contributed by atoms with Crippen LogP contribution in [0.1, 0.15) is 215 Å². The molecule has 0 aliphatic carbocycles. The standard InChI is InChI=1S/C20H20O3.3C16H18O3.C15H16O3.C14H20O3.C12H16O3.C11H14O3/c1-4-20(2,3)19(22)23-18-15-11-7-5-9-13(15)17(21)14-10-6-8-12-16(14)18;1-4-16(2,3)15(18)19-14-10-6-7-11-12(14)8-5-9-13(11)17;1-4-16(2,3)15(18)19-14-8-6-11-9-13(17)7-5-12(11)10-14;1-4-16(2,3)15(18)19-14-10-9-13(17)11-7-5-6-8-12(11)14;1-3-10(2)15(17)18-14-7-5-11-8-13(16)6-4-12(11)9-14;1-6-14(4,5)13(16)17-11-7-9(2)12(15)10(3)8-11;1-4-12(2,3)11(14)15-10-7-5-9(13)6-8-10;1-3-8(2)11(13)14-10-6-4-9(12)5-7-10/h5-12,21H,4H2,1-3H3;3*5-10,17H,4H2,1-3H3;4-10,16H,3H2,1-2H3;7-8,15H,6H2,1-5H3;5-8,13H,4H2,1-3H3;4-8,12H,3H2,1-2H3. The van der Waals surface area contributed by atoms with Crippen LogP contribution in [0.25, 0.3) is 64.6 Å². The zero-order valence-corrected chi connectivity index (χ0v) is 87.2. The Hall–Kier alpha value is -15.2. The van der Waals surface area contributed by atoms with Gasteiger partial charge in [0.2, 0.25) is 0 Å². The van der Waals surface area contributed by atoms with E-state index in [1.807, 2.05) is 237 Å². The number of aromatic hydroxyl groups is 8. The minimum atomic E-state index is -0.555. The van der Waals surface area contributed by atoms with Gasteiger partial charge in [0.25, 0.3) is 0 Å². The maximum Gasteiger partial charge on any atom is 0.316 e. The smallest absolute Gasteiger partial charge is 0.316 e. The monoisotopic (exact) mass is 1960 g/mol. The molecule has 0 aliphatic heterocycles. The Kier molecular flexibility index (Phi) is 41.8. The number of carbonyl (C=O) groups is 8. The van der Waals surface area contributed by atoms with Gasteiger partial charge < -0.3 is 78.7 Å². The number of carbonyl (C=O) groups excluding carboxylic acids is 8. The number of ether oxygens (including phenoxy) is 8. The van der Waals surface area contributed by atoms with Crippen molar-refractivity contribution in [2.24, 2.45) is 44.3 Å². The van der Waals surface area contributed by atoms with Gasteiger partial charge in [-0.25, -0.2) is 0 Å². The molecule has 0 fully saturated rings. The highest BCUT2D eigenvalue weighted by molar-refractivity contribution is 6.12. The Labute approximate surface area is 844 Å². The first kappa shape index (κ1) is 116. The van der Waals surface area contributed by atoms with Crippen LogP contribution < -0.4 is 37.9 Å². The molecule has 0 amide bonds. The van der Waals surface area contributed by atoms with Gasteiger partial charge in [-0.3, -0.25) is 38.4 Å². The molecular weight excluding hydrogens is 1830 g/mol. The molecule has 24 nitrogen and oxygen atoms in total. The predicted octanol–water partition coefficient (Wildman–Crippen LogP) is 28.6. The van der Waals surface area contributed by atoms with E-state index in [9.17, 15) is 69.0 Å². The fourth-order valence-corrected chi connectivity index (χ4v) is 12.5. The lowest BCUT2D eigenvalue weighted by Crippen LogP contribution is -2.28. The van der Waals surface area contributed by atoms with Gasteiger partial charge in [0.1, 0.15) is 92.0 Å². The Morgan fingerprint density at radius 2 is 0.514 bits per heavy atom. The lowest BCUT2D eigenvalue weighted by molar-refractivity contribution is -0.144. The number of fused-ring (bicyclic) bond motifs is 6. The molecule has 144 heavy (non-hydrogen) atoms. The van der Waals surface area contributed by atoms with Crippen molar-refractivity contribution in [3.63, 3.8) is 0 Å². The van der Waals surface area contributed by atoms with Gasteiger partial charge in [0.15, 0.2) is 0 Å². The normalized spacial score (nSPS) is 11.7. The van der Waals surface area contributed by atoms with E-state index in [-0.39, 0.29) is 106 Å². The third-order valence-corrected chi connectivity index (χ3v) is 25.6. The molecule has 24 heteroatoms. The molecule has 0 heterocycles. The van der Waals surface area contributed by atoms with Crippen LogP contribution >= 0.6 is 0 Å². The lowest BCUT2D eigenvalue weighted by atomic mass is 9.90. The van der Waals surface area contributed by atoms with Crippen LogP contribution in [0.15, 0.2) is 255 Å². The van der Waals surface area contributed by atoms with Gasteiger partial charge in [-0.05, 0) is 314 Å². The number of esters is 8. The van der Waals surface area contributed by atoms with E-state index in [2.05, 4.69) is 0 Å². The molecule has 14 aromatic carbocycles. The summed E-state index contributed by atoms with van der Waals surface area (Å²) in [6.45, 7) is 45.2. The van der Waals surface area contributed by atoms with E-state index in [0.717, 1.165) is 75.2 Å². The highest BCUT2D eigenvalue weighted by Crippen LogP contribution is 2.44. The second-order valence-corrected chi connectivity index (χ2v) is 39.0. The van der Waals surface area contributed by atoms with Gasteiger partial charge >= 0.3 is 47.8 Å². The largest absolute Gasteiger partial charge is 0.508 e. The average molecular weight is 1970 g/mol. The van der Waals surface area contributed by atoms with Crippen LogP contribution in [0, 0.1) is 58.2 Å². The minimum Gasteiger partial charge on any atom is -0.508 e. The van der Waals surface area contributed by atoms with Crippen molar-refractivity contribution in [1.29, 1.82) is 0 Å². The molecule has 14 rings (SSSR count). The zero-order chi connectivity index (χ0) is 107. The van der Waals surface area contributed by atoms with Crippen LogP contribution in [0.2, 0.25) is 0 Å². The van der Waals surface area contributed by atoms with E-state index >= 15 is 0 Å². The quantitative estimate of drug-likeness (QED) is 0.0158. The lowest BCUT2D eigenvalue weighted by Gasteiger charge is -2.22. The molecule has 0 saturated carbocycles. The highest BCUT2D eigenvalue weighted by Gasteiger charge is 2.34. The number of phenolic OH excluding ortho intramolecular Hbond substituents is 8. The van der Waals surface area contributed by atoms with Crippen LogP contribution in [-0.2, 0) is 38.4 Å². The molecule has 0 radical (unpaired) electrons. The Bertz CT molecular complexity index is 6640. The average Bonchev–Trinajstić information content (AvgIpc) is 0.751. The first-order chi connectivity index (χ1) is 67.7. The van der Waals surface area contributed by atoms with Gasteiger partial charge in [-0.1, -0.05) is 191 Å². The van der Waals surface area contributed by atoms with Crippen molar-refractivity contribution in [3.05, 3.63) is 266 Å². The molecule has 8 N–H and O–H groups in total. The zero-order valence-electron chi connectivity index (χ0n) is 87.2. The molecule has 2 unspecified atom stereocenters. The van der Waals surface area contributed by atoms with Gasteiger partial charge in [-0.15, -0.1) is 0 Å². The summed E-state index contributed by atoms with van der Waals surface area (Å²) >= 11 is 0. The molecule has 0 aromatic heterocycles. The number of phenols is 8. The topological polar surface area (TPSA) is 372 Å². The molecule has 2 atom stereocenters. The molecule has 0 saturated heterocycles. The predicted molar refractivity (Wildman–Crippen MR) is 568 cm³/mol. The number of rotatable bonds is 24. The summed E-state index contributed by atoms with van der Waals surface area (Å²) in [5.74, 6) is 3.43. The van der Waals surface area contributed by atoms with Crippen molar-refractivity contribution in [2.75, 3.05) is 0 Å². The van der Waals surface area contributed by atoms with Crippen molar-refractivity contribution in [1.82, 2.24) is 0 Å². The Balaban J connectivity index is 0.000000224. The first-order valence-electron chi connectivity index (χ1n) is 48.4. The van der Waals surface area contributed by atoms with E-state index < -0.39 is 32.5 Å². The third-order valence-electron chi connectivity index (χ3n) is 25.6. The summed E-state index contributed by atoms with van der Waals surface area (Å²) in [5.41, 5.74) is -1.61. The fourth-order valence-electron chi connectivity index (χ4n) is 12.5. The summed E-state index contributed by atoms with van der Waals surface area (Å²) < 4.78 is 43.1. The van der Waals surface area contributed by atoms with Crippen LogP contribution in [0.4, 0.5) is 0 Å². The van der Waals surface area contributed by atoms with Gasteiger partial charge in [0, 0.05) is 43.1 Å². The Morgan fingerprint density at radius 3 is 0.903 bits per heavy atom. The summed E-state index contributed by atoms with van der Waals surface area (Å²) in [6.07, 6.45) is 5.82. The molecule has 764 valence electrons. The molecule has 0 aliphatic rings. The summed E-state index contributed by atoms with van der Waals surface area (Å²) in [5, 5.41) is 86.0. The van der Waals surface area contributed by atoms with Crippen molar-refractivity contribution >= 4 is 112 Å². The Morgan fingerprint density at radius 1 is 0.243 bits per heavy atom. The van der Waals surface area contributed by atoms with Gasteiger partial charge in [-0.2, -0.15) is 0 Å². The molecule has 14 aromatic rings. The third kappa shape index (κ3) is 32.4. The van der Waals surface area contributed by atoms with Crippen molar-refractivity contribution in [2.45, 2.75) is 218 Å². The van der Waals surface area contributed by atoms with Crippen LogP contribution in [0.5, 0.6) is 92.0 Å². The molecular formula is C120H140O24. The number of benzene rings is 14. The fraction of sp³-hybridized carbons (Fsp3) is 0.333. The van der Waals surface area contributed by atoms with Crippen molar-refractivity contribution < 1.29 is 117 Å². The summed E-state index contributed by atoms with van der Waals surface area (Å²) in [7, 11) is 0. The van der Waals surface area contributed by atoms with Gasteiger partial charge in [0.05, 0.1) is 44.3 Å². The maximum absolute atomic E-state index is 12.6. The molecule has 0 bridgehead atoms. The van der Waals surface area contributed by atoms with Crippen molar-refractivity contribution in [3.8, 4) is 92.0 Å². The second kappa shape index (κ2) is 52.0. The van der Waals surface area contributed by atoms with E-state index in [0.29, 0.717) is 97.9 Å². The van der Waals surface area contributed by atoms with E-state index in [1.165, 1.54) is 24.3 Å². The summed E-state index contributed by atoms with van der Waals surface area (Å²) in [6, 6.07) is 72.3. The highest BCUT2D eigenvalue weighted by atomic mass is 16.6. The van der Waals surface area contributed by atoms with E-state index in [1.54, 1.807) is 159 Å². The minimum absolute atomic E-state index is 0.0937. The van der Waals surface area contributed by atoms with Crippen LogP contribution in [0.3, 0.4) is 0 Å². The second-order valence-electron chi connectivity index (χ2n) is 39.0. The SMILES string of the molecule is CCC(C)(C)C(=O)Oc1c2ccccc2c(O)c2ccccc12.CCC(C)(C)C(=O)Oc1cc(C)c(O)c(C)c1.CCC(C)(C)C(=O)Oc1ccc(O)c2ccccc12.CCC(C)(C)C(=O)Oc1ccc(O)cc1.CCC(C)(C)C(=O)Oc1ccc2cc(O)ccc2c1.CCC(C)(C)C(=O)Oc1cccc2c(O)cccc12.CCC(C)C(=O)Oc1ccc(O)cc1.CCC(C)C(=O)Oc1ccc2cc(O)ccc2c1. The first-order valence-corrected chi connectivity index (χ1v) is 48.4. The number of hydrogen-bond acceptors (Lipinski definition) is 24. The number of aryl methyl sites for hydroxylation is 2. The summed E-state index contributed by atoms with van der Waals surface area (Å²) in [4.78, 5) is 95.3. The maximum atomic E-state index is 12.6. The molecule has 0 spiro atoms. The van der Waals surface area contributed by atoms with Crippen LogP contribution in [-0.4, -0.2) is 88.6 Å².